The van der Waals surface area contributed by atoms with Gasteiger partial charge in [-0.3, -0.25) is 0 Å². The molecule has 0 saturated carbocycles. The summed E-state index contributed by atoms with van der Waals surface area (Å²) in [4.78, 5) is 0. The molecule has 7 aromatic carbocycles. The van der Waals surface area contributed by atoms with Crippen LogP contribution in [0.1, 0.15) is 0 Å². The van der Waals surface area contributed by atoms with E-state index in [2.05, 4.69) is 147 Å². The van der Waals surface area contributed by atoms with Gasteiger partial charge in [0, 0.05) is 11.4 Å². The molecular weight excluding hydrogens is 640 g/mol. The van der Waals surface area contributed by atoms with Gasteiger partial charge in [-0.05, 0) is 104 Å². The summed E-state index contributed by atoms with van der Waals surface area (Å²) in [6, 6.07) is 67.9. The highest BCUT2D eigenvalue weighted by atomic mass is 31.0. The molecule has 0 aliphatic heterocycles. The van der Waals surface area contributed by atoms with Gasteiger partial charge in [0.1, 0.15) is 12.1 Å². The number of hydrogen-bond acceptors (Lipinski definition) is 4. The molecule has 2 N–H and O–H groups in total. The van der Waals surface area contributed by atoms with E-state index in [1.807, 2.05) is 72.8 Å². The van der Waals surface area contributed by atoms with Crippen LogP contribution in [0.25, 0.3) is 44.5 Å². The van der Waals surface area contributed by atoms with Crippen LogP contribution in [0, 0.1) is 22.7 Å². The zero-order valence-electron chi connectivity index (χ0n) is 27.9. The van der Waals surface area contributed by atoms with Gasteiger partial charge in [-0.15, -0.1) is 9.24 Å². The lowest BCUT2D eigenvalue weighted by Gasteiger charge is -2.11. The molecule has 0 spiro atoms. The second-order valence-electron chi connectivity index (χ2n) is 11.7. The maximum Gasteiger partial charge on any atom is 0.152 e. The summed E-state index contributed by atoms with van der Waals surface area (Å²) in [6.07, 6.45) is 0. The van der Waals surface area contributed by atoms with E-state index < -0.39 is 0 Å². The monoisotopic (exact) mass is 674 g/mol. The Kier molecular flexibility index (Phi) is 11.5. The zero-order valence-corrected chi connectivity index (χ0v) is 29.0. The van der Waals surface area contributed by atoms with E-state index in [0.717, 1.165) is 11.4 Å². The topological polar surface area (TPSA) is 71.6 Å². The Morgan fingerprint density at radius 2 is 0.647 bits per heavy atom. The van der Waals surface area contributed by atoms with Gasteiger partial charge in [0.15, 0.2) is 11.4 Å². The van der Waals surface area contributed by atoms with Gasteiger partial charge >= 0.3 is 0 Å². The first-order valence-corrected chi connectivity index (χ1v) is 17.1. The molecule has 0 bridgehead atoms. The van der Waals surface area contributed by atoms with Crippen molar-refractivity contribution < 1.29 is 0 Å². The van der Waals surface area contributed by atoms with Crippen LogP contribution in [0.5, 0.6) is 0 Å². The molecule has 0 fully saturated rings. The smallest absolute Gasteiger partial charge is 0.152 e. The first kappa shape index (κ1) is 34.2. The van der Waals surface area contributed by atoms with Crippen molar-refractivity contribution in [2.75, 3.05) is 10.6 Å². The number of para-hydroxylation sites is 2. The molecule has 7 rings (SSSR count). The van der Waals surface area contributed by atoms with Crippen LogP contribution >= 0.6 is 9.24 Å². The van der Waals surface area contributed by atoms with Crippen LogP contribution in [0.4, 0.5) is 11.4 Å². The lowest BCUT2D eigenvalue weighted by atomic mass is 9.95. The SMILES string of the molecule is N#C/C(Nc1ccccc1)=C(\C#N)Nc1ccccc1.Pc1cc(-c2cccc(-c3ccccc3)c2)cc(-c2cccc(-c3ccccc3)c2)c1. The number of nitrogens with zero attached hydrogens (tertiary/aromatic N) is 2. The molecule has 51 heavy (non-hydrogen) atoms. The van der Waals surface area contributed by atoms with Crippen molar-refractivity contribution >= 4 is 25.9 Å². The van der Waals surface area contributed by atoms with Gasteiger partial charge in [0.05, 0.1) is 0 Å². The second-order valence-corrected chi connectivity index (χ2v) is 12.4. The molecule has 244 valence electrons. The van der Waals surface area contributed by atoms with Gasteiger partial charge < -0.3 is 10.6 Å². The number of anilines is 2. The van der Waals surface area contributed by atoms with Gasteiger partial charge in [0.2, 0.25) is 0 Å². The highest BCUT2D eigenvalue weighted by Crippen LogP contribution is 2.31. The van der Waals surface area contributed by atoms with Crippen LogP contribution in [0.15, 0.2) is 199 Å². The number of nitrogens with one attached hydrogen (secondary N) is 2. The molecule has 0 saturated heterocycles. The summed E-state index contributed by atoms with van der Waals surface area (Å²) in [5.74, 6) is 0. The molecule has 0 aromatic heterocycles. The first-order chi connectivity index (χ1) is 25.1. The largest absolute Gasteiger partial charge is 0.344 e. The Labute approximate surface area is 302 Å². The summed E-state index contributed by atoms with van der Waals surface area (Å²) in [5, 5.41) is 25.5. The van der Waals surface area contributed by atoms with E-state index in [1.54, 1.807) is 0 Å². The van der Waals surface area contributed by atoms with E-state index in [-0.39, 0.29) is 11.4 Å². The molecule has 4 nitrogen and oxygen atoms in total. The van der Waals surface area contributed by atoms with Crippen molar-refractivity contribution in [3.05, 3.63) is 199 Å². The first-order valence-electron chi connectivity index (χ1n) is 16.5. The maximum atomic E-state index is 9.21. The highest BCUT2D eigenvalue weighted by molar-refractivity contribution is 7.27. The third-order valence-corrected chi connectivity index (χ3v) is 8.45. The number of allylic oxidation sites excluding steroid dienone is 2. The fraction of sp³-hybridized carbons (Fsp3) is 0. The molecule has 0 heterocycles. The normalized spacial score (nSPS) is 10.7. The van der Waals surface area contributed by atoms with Crippen LogP contribution < -0.4 is 15.9 Å². The average molecular weight is 675 g/mol. The van der Waals surface area contributed by atoms with Crippen molar-refractivity contribution in [2.45, 2.75) is 0 Å². The zero-order chi connectivity index (χ0) is 35.3. The fourth-order valence-electron chi connectivity index (χ4n) is 5.63. The van der Waals surface area contributed by atoms with Crippen molar-refractivity contribution in [3.63, 3.8) is 0 Å². The Morgan fingerprint density at radius 3 is 1.00 bits per heavy atom. The summed E-state index contributed by atoms with van der Waals surface area (Å²) >= 11 is 0. The van der Waals surface area contributed by atoms with Gasteiger partial charge in [0.25, 0.3) is 0 Å². The number of nitriles is 2. The van der Waals surface area contributed by atoms with E-state index in [9.17, 15) is 10.5 Å². The third-order valence-electron chi connectivity index (χ3n) is 8.12. The van der Waals surface area contributed by atoms with Crippen LogP contribution in [-0.2, 0) is 0 Å². The lowest BCUT2D eigenvalue weighted by Crippen LogP contribution is -2.07. The molecule has 0 aliphatic carbocycles. The Balaban J connectivity index is 0.000000194. The van der Waals surface area contributed by atoms with E-state index >= 15 is 0 Å². The van der Waals surface area contributed by atoms with E-state index in [0.29, 0.717) is 0 Å². The molecule has 1 atom stereocenters. The minimum Gasteiger partial charge on any atom is -0.344 e. The summed E-state index contributed by atoms with van der Waals surface area (Å²) in [5.41, 5.74) is 11.7. The van der Waals surface area contributed by atoms with Gasteiger partial charge in [-0.25, -0.2) is 0 Å². The van der Waals surface area contributed by atoms with Gasteiger partial charge in [-0.2, -0.15) is 10.5 Å². The molecule has 0 amide bonds. The lowest BCUT2D eigenvalue weighted by molar-refractivity contribution is 1.33. The molecule has 7 aromatic rings. The van der Waals surface area contributed by atoms with Crippen LogP contribution in [0.2, 0.25) is 0 Å². The maximum absolute atomic E-state index is 9.21. The van der Waals surface area contributed by atoms with Gasteiger partial charge in [-0.1, -0.05) is 133 Å². The number of benzene rings is 7. The highest BCUT2D eigenvalue weighted by Gasteiger charge is 2.09. The molecular formula is C46H35N4P. The second kappa shape index (κ2) is 17.1. The van der Waals surface area contributed by atoms with Crippen LogP contribution in [0.3, 0.4) is 0 Å². The van der Waals surface area contributed by atoms with Crippen LogP contribution in [-0.4, -0.2) is 0 Å². The number of rotatable bonds is 8. The van der Waals surface area contributed by atoms with E-state index in [4.69, 9.17) is 0 Å². The third kappa shape index (κ3) is 9.26. The predicted molar refractivity (Wildman–Crippen MR) is 216 cm³/mol. The minimum absolute atomic E-state index is 0.183. The van der Waals surface area contributed by atoms with Crippen molar-refractivity contribution in [3.8, 4) is 56.6 Å². The summed E-state index contributed by atoms with van der Waals surface area (Å²) < 4.78 is 0. The molecule has 0 radical (unpaired) electrons. The minimum atomic E-state index is 0.183. The Morgan fingerprint density at radius 1 is 0.353 bits per heavy atom. The Bertz CT molecular complexity index is 2160. The fourth-order valence-corrected chi connectivity index (χ4v) is 5.99. The van der Waals surface area contributed by atoms with Crippen molar-refractivity contribution in [2.24, 2.45) is 0 Å². The molecule has 1 unspecified atom stereocenters. The summed E-state index contributed by atoms with van der Waals surface area (Å²) in [7, 11) is 2.87. The molecule has 0 aliphatic rings. The predicted octanol–water partition coefficient (Wildman–Crippen LogP) is 11.3. The Hall–Kier alpha value is -6.71. The number of hydrogen-bond donors (Lipinski definition) is 2. The average Bonchev–Trinajstić information content (AvgIpc) is 3.21. The summed E-state index contributed by atoms with van der Waals surface area (Å²) in [6.45, 7) is 0. The van der Waals surface area contributed by atoms with E-state index in [1.165, 1.54) is 49.8 Å². The van der Waals surface area contributed by atoms with Crippen molar-refractivity contribution in [1.82, 2.24) is 0 Å². The standard InChI is InChI=1S/C30H23P.C16H12N4/c31-30-20-28(26-15-7-13-24(17-26)22-9-3-1-4-10-22)19-29(21-30)27-16-8-14-25(18-27)23-11-5-2-6-12-23;17-11-15(19-13-7-3-1-4-8-13)16(12-18)20-14-9-5-2-6-10-14/h1-21H,31H2;1-10,19-20H/b;16-15-. The van der Waals surface area contributed by atoms with Crippen molar-refractivity contribution in [1.29, 1.82) is 10.5 Å². The molecule has 5 heteroatoms. The quantitative estimate of drug-likeness (QED) is 0.124.